The Labute approximate surface area is 73.4 Å². The molecule has 0 fully saturated rings. The van der Waals surface area contributed by atoms with Crippen molar-refractivity contribution in [3.05, 3.63) is 30.1 Å². The highest BCUT2D eigenvalue weighted by Gasteiger charge is 2.10. The second-order valence-corrected chi connectivity index (χ2v) is 2.60. The van der Waals surface area contributed by atoms with E-state index in [-0.39, 0.29) is 5.56 Å². The summed E-state index contributed by atoms with van der Waals surface area (Å²) in [5.74, 6) is -0.575. The number of pyridine rings is 1. The Kier molecular flexibility index (Phi) is 1.45. The van der Waals surface area contributed by atoms with Gasteiger partial charge in [-0.15, -0.1) is 0 Å². The van der Waals surface area contributed by atoms with Crippen LogP contribution in [0.25, 0.3) is 5.65 Å². The van der Waals surface area contributed by atoms with Crippen molar-refractivity contribution in [3.8, 4) is 0 Å². The molecule has 2 aromatic rings. The molecule has 0 aliphatic heterocycles. The Morgan fingerprint density at radius 1 is 1.62 bits per heavy atom. The first-order valence-electron chi connectivity index (χ1n) is 3.65. The van der Waals surface area contributed by atoms with Crippen LogP contribution in [0, 0.1) is 0 Å². The molecule has 3 N–H and O–H groups in total. The number of anilines is 1. The van der Waals surface area contributed by atoms with Crippen molar-refractivity contribution in [1.82, 2.24) is 9.38 Å². The van der Waals surface area contributed by atoms with E-state index in [1.54, 1.807) is 12.3 Å². The van der Waals surface area contributed by atoms with E-state index in [1.165, 1.54) is 16.7 Å². The molecule has 0 amide bonds. The van der Waals surface area contributed by atoms with Crippen LogP contribution in [-0.4, -0.2) is 20.5 Å². The first kappa shape index (κ1) is 7.60. The van der Waals surface area contributed by atoms with E-state index in [4.69, 9.17) is 10.8 Å². The van der Waals surface area contributed by atoms with Gasteiger partial charge in [0.05, 0.1) is 6.20 Å². The molecule has 66 valence electrons. The second kappa shape index (κ2) is 2.48. The first-order chi connectivity index (χ1) is 6.20. The summed E-state index contributed by atoms with van der Waals surface area (Å²) in [5.41, 5.74) is 6.07. The second-order valence-electron chi connectivity index (χ2n) is 2.60. The van der Waals surface area contributed by atoms with Crippen LogP contribution in [0.5, 0.6) is 0 Å². The number of carbonyl (C=O) groups is 1. The van der Waals surface area contributed by atoms with Crippen LogP contribution in [0.4, 0.5) is 5.82 Å². The van der Waals surface area contributed by atoms with Gasteiger partial charge in [-0.25, -0.2) is 9.78 Å². The third-order valence-electron chi connectivity index (χ3n) is 1.79. The van der Waals surface area contributed by atoms with Crippen LogP contribution in [-0.2, 0) is 0 Å². The van der Waals surface area contributed by atoms with Crippen molar-refractivity contribution in [2.75, 3.05) is 5.73 Å². The third kappa shape index (κ3) is 1.01. The Hall–Kier alpha value is -2.04. The number of hydrogen-bond donors (Lipinski definition) is 2. The molecule has 0 saturated heterocycles. The van der Waals surface area contributed by atoms with Crippen molar-refractivity contribution < 1.29 is 9.90 Å². The maximum atomic E-state index is 10.7. The molecule has 0 unspecified atom stereocenters. The van der Waals surface area contributed by atoms with Crippen molar-refractivity contribution >= 4 is 17.4 Å². The average molecular weight is 177 g/mol. The van der Waals surface area contributed by atoms with Gasteiger partial charge in [0.2, 0.25) is 0 Å². The van der Waals surface area contributed by atoms with E-state index in [9.17, 15) is 4.79 Å². The fourth-order valence-corrected chi connectivity index (χ4v) is 1.20. The maximum Gasteiger partial charge on any atom is 0.339 e. The molecule has 0 aliphatic carbocycles. The number of fused-ring (bicyclic) bond motifs is 1. The van der Waals surface area contributed by atoms with Crippen molar-refractivity contribution in [2.24, 2.45) is 0 Å². The van der Waals surface area contributed by atoms with Gasteiger partial charge in [-0.2, -0.15) is 0 Å². The number of imidazole rings is 1. The first-order valence-corrected chi connectivity index (χ1v) is 3.65. The van der Waals surface area contributed by atoms with Gasteiger partial charge in [0.25, 0.3) is 0 Å². The number of nitrogens with two attached hydrogens (primary N) is 1. The zero-order valence-corrected chi connectivity index (χ0v) is 6.64. The number of rotatable bonds is 1. The van der Waals surface area contributed by atoms with E-state index in [0.29, 0.717) is 11.5 Å². The quantitative estimate of drug-likeness (QED) is 0.668. The molecule has 0 spiro atoms. The highest BCUT2D eigenvalue weighted by Crippen LogP contribution is 2.12. The molecule has 2 rings (SSSR count). The summed E-state index contributed by atoms with van der Waals surface area (Å²) in [6.45, 7) is 0. The Morgan fingerprint density at radius 3 is 3.08 bits per heavy atom. The van der Waals surface area contributed by atoms with Gasteiger partial charge < -0.3 is 10.8 Å². The summed E-state index contributed by atoms with van der Waals surface area (Å²) in [5, 5.41) is 8.80. The summed E-state index contributed by atoms with van der Waals surface area (Å²) in [6.07, 6.45) is 3.10. The molecule has 5 nitrogen and oxygen atoms in total. The van der Waals surface area contributed by atoms with E-state index in [1.807, 2.05) is 0 Å². The van der Waals surface area contributed by atoms with E-state index in [2.05, 4.69) is 4.98 Å². The fourth-order valence-electron chi connectivity index (χ4n) is 1.20. The molecular weight excluding hydrogens is 170 g/mol. The number of hydrogen-bond acceptors (Lipinski definition) is 3. The van der Waals surface area contributed by atoms with E-state index >= 15 is 0 Å². The van der Waals surface area contributed by atoms with Gasteiger partial charge in [-0.05, 0) is 12.1 Å². The molecule has 0 saturated carbocycles. The smallest absolute Gasteiger partial charge is 0.339 e. The van der Waals surface area contributed by atoms with Crippen LogP contribution < -0.4 is 5.73 Å². The van der Waals surface area contributed by atoms with Gasteiger partial charge in [0, 0.05) is 6.20 Å². The summed E-state index contributed by atoms with van der Waals surface area (Å²) < 4.78 is 1.53. The van der Waals surface area contributed by atoms with Crippen LogP contribution in [0.15, 0.2) is 24.5 Å². The minimum Gasteiger partial charge on any atom is -0.478 e. The zero-order valence-electron chi connectivity index (χ0n) is 6.64. The SMILES string of the molecule is Nc1cnc2c(C(=O)O)cccn12. The van der Waals surface area contributed by atoms with Crippen molar-refractivity contribution in [1.29, 1.82) is 0 Å². The lowest BCUT2D eigenvalue weighted by atomic mass is 10.3. The van der Waals surface area contributed by atoms with Crippen LogP contribution in [0.1, 0.15) is 10.4 Å². The lowest BCUT2D eigenvalue weighted by Gasteiger charge is -1.98. The Bertz CT molecular complexity index is 475. The number of carboxylic acids is 1. The normalized spacial score (nSPS) is 10.5. The zero-order chi connectivity index (χ0) is 9.42. The molecule has 0 aliphatic rings. The molecule has 2 aromatic heterocycles. The minimum atomic E-state index is -1.00. The number of nitrogens with zero attached hydrogens (tertiary/aromatic N) is 2. The van der Waals surface area contributed by atoms with Crippen LogP contribution in [0.2, 0.25) is 0 Å². The maximum absolute atomic E-state index is 10.7. The third-order valence-corrected chi connectivity index (χ3v) is 1.79. The van der Waals surface area contributed by atoms with Crippen molar-refractivity contribution in [3.63, 3.8) is 0 Å². The highest BCUT2D eigenvalue weighted by molar-refractivity contribution is 5.94. The molecule has 0 bridgehead atoms. The van der Waals surface area contributed by atoms with Gasteiger partial charge >= 0.3 is 5.97 Å². The molecule has 0 atom stereocenters. The highest BCUT2D eigenvalue weighted by atomic mass is 16.4. The molecular formula is C8H7N3O2. The average Bonchev–Trinajstić information content (AvgIpc) is 2.48. The predicted molar refractivity (Wildman–Crippen MR) is 46.6 cm³/mol. The topological polar surface area (TPSA) is 80.6 Å². The summed E-state index contributed by atoms with van der Waals surface area (Å²) in [4.78, 5) is 14.6. The van der Waals surface area contributed by atoms with Gasteiger partial charge in [0.1, 0.15) is 11.4 Å². The minimum absolute atomic E-state index is 0.152. The van der Waals surface area contributed by atoms with Gasteiger partial charge in [-0.1, -0.05) is 0 Å². The van der Waals surface area contributed by atoms with Gasteiger partial charge in [-0.3, -0.25) is 4.40 Å². The van der Waals surface area contributed by atoms with E-state index < -0.39 is 5.97 Å². The van der Waals surface area contributed by atoms with E-state index in [0.717, 1.165) is 0 Å². The lowest BCUT2D eigenvalue weighted by Crippen LogP contribution is -2.01. The fraction of sp³-hybridized carbons (Fsp3) is 0. The van der Waals surface area contributed by atoms with Crippen LogP contribution >= 0.6 is 0 Å². The molecule has 5 heteroatoms. The number of nitrogen functional groups attached to an aromatic ring is 1. The summed E-state index contributed by atoms with van der Waals surface area (Å²) >= 11 is 0. The molecule has 13 heavy (non-hydrogen) atoms. The van der Waals surface area contributed by atoms with Crippen LogP contribution in [0.3, 0.4) is 0 Å². The van der Waals surface area contributed by atoms with Crippen molar-refractivity contribution in [2.45, 2.75) is 0 Å². The lowest BCUT2D eigenvalue weighted by molar-refractivity contribution is 0.0698. The van der Waals surface area contributed by atoms with Gasteiger partial charge in [0.15, 0.2) is 5.65 Å². The Morgan fingerprint density at radius 2 is 2.38 bits per heavy atom. The predicted octanol–water partition coefficient (Wildman–Crippen LogP) is 0.615. The monoisotopic (exact) mass is 177 g/mol. The standard InChI is InChI=1S/C8H7N3O2/c9-6-4-10-7-5(8(12)13)2-1-3-11(6)7/h1-4H,9H2,(H,12,13). The number of aromatic nitrogens is 2. The summed E-state index contributed by atoms with van der Waals surface area (Å²) in [7, 11) is 0. The number of carboxylic acid groups (broad SMARTS) is 1. The molecule has 2 heterocycles. The molecule has 0 radical (unpaired) electrons. The molecule has 0 aromatic carbocycles. The number of aromatic carboxylic acids is 1. The largest absolute Gasteiger partial charge is 0.478 e. The Balaban J connectivity index is 2.84. The summed E-state index contributed by atoms with van der Waals surface area (Å²) in [6, 6.07) is 3.11.